The Morgan fingerprint density at radius 1 is 1.20 bits per heavy atom. The maximum Gasteiger partial charge on any atom is 0.414 e. The molecule has 1 aromatic carbocycles. The highest BCUT2D eigenvalue weighted by atomic mass is 35.5. The molecule has 9 nitrogen and oxygen atoms in total. The molecule has 25 heavy (non-hydrogen) atoms. The van der Waals surface area contributed by atoms with Crippen LogP contribution in [-0.2, 0) is 31.4 Å². The van der Waals surface area contributed by atoms with E-state index >= 15 is 0 Å². The summed E-state index contributed by atoms with van der Waals surface area (Å²) in [6.45, 7) is 1.36. The lowest BCUT2D eigenvalue weighted by Gasteiger charge is -2.28. The van der Waals surface area contributed by atoms with Crippen LogP contribution in [0.25, 0.3) is 0 Å². The maximum atomic E-state index is 9.10. The van der Waals surface area contributed by atoms with Crippen molar-refractivity contribution in [3.63, 3.8) is 0 Å². The third-order valence-corrected chi connectivity index (χ3v) is 3.95. The molecule has 0 bridgehead atoms. The van der Waals surface area contributed by atoms with E-state index in [-0.39, 0.29) is 0 Å². The first kappa shape index (κ1) is 19.1. The van der Waals surface area contributed by atoms with Gasteiger partial charge in [0.2, 0.25) is 5.79 Å². The Morgan fingerprint density at radius 3 is 2.36 bits per heavy atom. The molecule has 3 rings (SSSR count). The Kier molecular flexibility index (Phi) is 6.32. The van der Waals surface area contributed by atoms with Gasteiger partial charge in [-0.25, -0.2) is 19.3 Å². The molecule has 2 aromatic rings. The van der Waals surface area contributed by atoms with Gasteiger partial charge in [0.15, 0.2) is 0 Å². The number of benzene rings is 1. The number of carbonyl (C=O) groups is 2. The highest BCUT2D eigenvalue weighted by molar-refractivity contribution is 6.42. The van der Waals surface area contributed by atoms with Crippen LogP contribution in [0.1, 0.15) is 5.56 Å². The second-order valence-corrected chi connectivity index (χ2v) is 5.54. The average Bonchev–Trinajstić information content (AvgIpc) is 3.23. The Morgan fingerprint density at radius 2 is 1.84 bits per heavy atom. The van der Waals surface area contributed by atoms with Crippen LogP contribution < -0.4 is 0 Å². The van der Waals surface area contributed by atoms with E-state index in [1.165, 1.54) is 6.33 Å². The van der Waals surface area contributed by atoms with E-state index in [1.807, 2.05) is 12.1 Å². The second-order valence-electron chi connectivity index (χ2n) is 4.75. The molecule has 2 N–H and O–H groups in total. The van der Waals surface area contributed by atoms with Gasteiger partial charge in [0.1, 0.15) is 19.2 Å². The smallest absolute Gasteiger partial charge is 0.414 e. The van der Waals surface area contributed by atoms with Crippen LogP contribution in [0.5, 0.6) is 0 Å². The van der Waals surface area contributed by atoms with Crippen LogP contribution in [0.3, 0.4) is 0 Å². The number of ether oxygens (including phenoxy) is 2. The molecule has 1 fully saturated rings. The number of aromatic nitrogens is 3. The number of carboxylic acid groups (broad SMARTS) is 2. The van der Waals surface area contributed by atoms with E-state index < -0.39 is 17.7 Å². The molecule has 134 valence electrons. The van der Waals surface area contributed by atoms with Crippen molar-refractivity contribution in [1.82, 2.24) is 14.8 Å². The van der Waals surface area contributed by atoms with Crippen molar-refractivity contribution in [2.24, 2.45) is 0 Å². The lowest BCUT2D eigenvalue weighted by Crippen LogP contribution is -2.33. The summed E-state index contributed by atoms with van der Waals surface area (Å²) in [6.07, 6.45) is 3.06. The Bertz CT molecular complexity index is 735. The van der Waals surface area contributed by atoms with Gasteiger partial charge >= 0.3 is 11.9 Å². The van der Waals surface area contributed by atoms with Gasteiger partial charge in [0.05, 0.1) is 23.3 Å². The van der Waals surface area contributed by atoms with Gasteiger partial charge in [0.25, 0.3) is 0 Å². The fraction of sp³-hybridized carbons (Fsp3) is 0.286. The van der Waals surface area contributed by atoms with E-state index in [4.69, 9.17) is 52.5 Å². The van der Waals surface area contributed by atoms with Gasteiger partial charge in [-0.15, -0.1) is 0 Å². The van der Waals surface area contributed by atoms with Crippen molar-refractivity contribution in [1.29, 1.82) is 0 Å². The predicted octanol–water partition coefficient (Wildman–Crippen LogP) is 1.64. The van der Waals surface area contributed by atoms with E-state index in [0.717, 1.165) is 0 Å². The quantitative estimate of drug-likeness (QED) is 0.759. The summed E-state index contributed by atoms with van der Waals surface area (Å²) in [6, 6.07) is 5.39. The molecule has 0 atom stereocenters. The second kappa shape index (κ2) is 8.26. The number of rotatable bonds is 3. The highest BCUT2D eigenvalue weighted by Crippen LogP contribution is 2.39. The first-order valence-corrected chi connectivity index (χ1v) is 7.62. The molecular formula is C14H13Cl2N3O6. The normalized spacial score (nSPS) is 15.3. The van der Waals surface area contributed by atoms with Gasteiger partial charge in [-0.3, -0.25) is 0 Å². The largest absolute Gasteiger partial charge is 0.473 e. The van der Waals surface area contributed by atoms with Crippen molar-refractivity contribution >= 4 is 35.1 Å². The summed E-state index contributed by atoms with van der Waals surface area (Å²) in [4.78, 5) is 22.1. The summed E-state index contributed by atoms with van der Waals surface area (Å²) in [5, 5.41) is 19.8. The van der Waals surface area contributed by atoms with Gasteiger partial charge < -0.3 is 19.7 Å². The number of carboxylic acids is 2. The van der Waals surface area contributed by atoms with E-state index in [2.05, 4.69) is 10.1 Å². The van der Waals surface area contributed by atoms with Crippen LogP contribution in [0, 0.1) is 0 Å². The molecule has 2 heterocycles. The minimum absolute atomic E-state index is 0.368. The summed E-state index contributed by atoms with van der Waals surface area (Å²) in [5.41, 5.74) is 0.703. The number of halogens is 2. The molecule has 0 radical (unpaired) electrons. The molecule has 0 amide bonds. The molecule has 1 saturated heterocycles. The van der Waals surface area contributed by atoms with E-state index in [9.17, 15) is 0 Å². The first-order chi connectivity index (χ1) is 11.9. The Labute approximate surface area is 151 Å². The summed E-state index contributed by atoms with van der Waals surface area (Å²) in [5.74, 6) is -4.61. The van der Waals surface area contributed by atoms with E-state index in [0.29, 0.717) is 35.4 Å². The molecule has 11 heteroatoms. The molecule has 0 aliphatic carbocycles. The minimum Gasteiger partial charge on any atom is -0.473 e. The fourth-order valence-electron chi connectivity index (χ4n) is 2.11. The lowest BCUT2D eigenvalue weighted by molar-refractivity contribution is -0.177. The standard InChI is InChI=1S/C12H11Cl2N3O2.C2H2O4/c13-10-3-1-2-9(11(10)14)12(18-4-5-19-12)6-17-8-15-7-16-17;3-1(4)2(5)6/h1-3,7-8H,4-6H2;(H,3,4)(H,5,6). The zero-order chi connectivity index (χ0) is 18.4. The summed E-state index contributed by atoms with van der Waals surface area (Å²) < 4.78 is 13.2. The first-order valence-electron chi connectivity index (χ1n) is 6.87. The molecule has 0 unspecified atom stereocenters. The number of aliphatic carboxylic acids is 2. The van der Waals surface area contributed by atoms with Crippen LogP contribution in [0.2, 0.25) is 10.0 Å². The molecule has 0 spiro atoms. The van der Waals surface area contributed by atoms with Gasteiger partial charge in [-0.2, -0.15) is 5.10 Å². The van der Waals surface area contributed by atoms with Crippen LogP contribution >= 0.6 is 23.2 Å². The average molecular weight is 390 g/mol. The molecule has 1 aromatic heterocycles. The third-order valence-electron chi connectivity index (χ3n) is 3.14. The monoisotopic (exact) mass is 389 g/mol. The minimum atomic E-state index is -1.82. The van der Waals surface area contributed by atoms with Crippen LogP contribution in [0.15, 0.2) is 30.9 Å². The van der Waals surface area contributed by atoms with Gasteiger partial charge in [-0.05, 0) is 6.07 Å². The van der Waals surface area contributed by atoms with Crippen LogP contribution in [-0.4, -0.2) is 50.1 Å². The molecule has 1 aliphatic heterocycles. The van der Waals surface area contributed by atoms with E-state index in [1.54, 1.807) is 17.1 Å². The molecule has 1 aliphatic rings. The predicted molar refractivity (Wildman–Crippen MR) is 85.3 cm³/mol. The zero-order valence-corrected chi connectivity index (χ0v) is 14.1. The summed E-state index contributed by atoms with van der Waals surface area (Å²) >= 11 is 12.3. The zero-order valence-electron chi connectivity index (χ0n) is 12.6. The Balaban J connectivity index is 0.000000326. The lowest BCUT2D eigenvalue weighted by atomic mass is 10.1. The van der Waals surface area contributed by atoms with Crippen molar-refractivity contribution in [3.8, 4) is 0 Å². The van der Waals surface area contributed by atoms with Gasteiger partial charge in [0, 0.05) is 5.56 Å². The highest BCUT2D eigenvalue weighted by Gasteiger charge is 2.41. The maximum absolute atomic E-state index is 9.10. The van der Waals surface area contributed by atoms with Crippen molar-refractivity contribution in [2.75, 3.05) is 13.2 Å². The van der Waals surface area contributed by atoms with Crippen LogP contribution in [0.4, 0.5) is 0 Å². The van der Waals surface area contributed by atoms with Crippen molar-refractivity contribution in [3.05, 3.63) is 46.5 Å². The summed E-state index contributed by atoms with van der Waals surface area (Å²) in [7, 11) is 0. The third kappa shape index (κ3) is 4.67. The van der Waals surface area contributed by atoms with Crippen molar-refractivity contribution in [2.45, 2.75) is 12.3 Å². The number of nitrogens with zero attached hydrogens (tertiary/aromatic N) is 3. The molecule has 0 saturated carbocycles. The molecular weight excluding hydrogens is 377 g/mol. The topological polar surface area (TPSA) is 124 Å². The van der Waals surface area contributed by atoms with Crippen molar-refractivity contribution < 1.29 is 29.3 Å². The van der Waals surface area contributed by atoms with Gasteiger partial charge in [-0.1, -0.05) is 35.3 Å². The number of hydrogen-bond acceptors (Lipinski definition) is 6. The fourth-order valence-corrected chi connectivity index (χ4v) is 2.56. The Hall–Kier alpha value is -2.20. The SMILES string of the molecule is Clc1cccc(C2(Cn3cncn3)OCCO2)c1Cl.O=C(O)C(=O)O. The number of hydrogen-bond donors (Lipinski definition) is 2.